The molecule has 1 aromatic carbocycles. The van der Waals surface area contributed by atoms with Crippen molar-refractivity contribution >= 4 is 17.7 Å². The Bertz CT molecular complexity index is 896. The summed E-state index contributed by atoms with van der Waals surface area (Å²) in [4.78, 5) is 13.8. The SMILES string of the molecule is CCN1C=C2N=C(/C=C/c3cccc(OC4CCC(F)(F)CC4)c3)N=C2N(CC)C1. The van der Waals surface area contributed by atoms with Gasteiger partial charge in [-0.3, -0.25) is 0 Å². The molecule has 7 heteroatoms. The molecule has 0 atom stereocenters. The number of likely N-dealkylation sites (N-methyl/N-ethyl adjacent to an activating group) is 1. The highest BCUT2D eigenvalue weighted by atomic mass is 19.3. The summed E-state index contributed by atoms with van der Waals surface area (Å²) in [5, 5.41) is 0. The maximum atomic E-state index is 13.3. The van der Waals surface area contributed by atoms with Crippen molar-refractivity contribution in [2.45, 2.75) is 51.6 Å². The smallest absolute Gasteiger partial charge is 0.248 e. The van der Waals surface area contributed by atoms with Crippen LogP contribution in [0.2, 0.25) is 0 Å². The first-order valence-corrected chi connectivity index (χ1v) is 10.7. The molecule has 3 aliphatic rings. The summed E-state index contributed by atoms with van der Waals surface area (Å²) in [6.45, 7) is 6.88. The number of benzene rings is 1. The minimum Gasteiger partial charge on any atom is -0.490 e. The molecule has 1 saturated carbocycles. The summed E-state index contributed by atoms with van der Waals surface area (Å²) >= 11 is 0. The first kappa shape index (κ1) is 20.6. The highest BCUT2D eigenvalue weighted by molar-refractivity contribution is 6.16. The minimum absolute atomic E-state index is 0.0997. The quantitative estimate of drug-likeness (QED) is 0.663. The van der Waals surface area contributed by atoms with Gasteiger partial charge in [0.15, 0.2) is 11.7 Å². The normalized spacial score (nSPS) is 21.4. The van der Waals surface area contributed by atoms with E-state index < -0.39 is 5.92 Å². The van der Waals surface area contributed by atoms with E-state index in [-0.39, 0.29) is 18.9 Å². The fourth-order valence-electron chi connectivity index (χ4n) is 3.89. The van der Waals surface area contributed by atoms with E-state index in [4.69, 9.17) is 4.74 Å². The molecule has 0 amide bonds. The van der Waals surface area contributed by atoms with Crippen LogP contribution in [0.15, 0.2) is 52.2 Å². The Labute approximate surface area is 176 Å². The molecular formula is C23H28F2N4O. The molecule has 2 heterocycles. The van der Waals surface area contributed by atoms with E-state index >= 15 is 0 Å². The van der Waals surface area contributed by atoms with E-state index in [0.29, 0.717) is 24.4 Å². The van der Waals surface area contributed by atoms with Crippen LogP contribution >= 0.6 is 0 Å². The lowest BCUT2D eigenvalue weighted by Gasteiger charge is -2.33. The van der Waals surface area contributed by atoms with Gasteiger partial charge in [0.1, 0.15) is 11.4 Å². The number of rotatable bonds is 6. The van der Waals surface area contributed by atoms with Crippen LogP contribution in [0, 0.1) is 0 Å². The molecule has 1 aromatic rings. The molecule has 0 saturated heterocycles. The second kappa shape index (κ2) is 8.58. The van der Waals surface area contributed by atoms with Gasteiger partial charge in [0.25, 0.3) is 0 Å². The Morgan fingerprint density at radius 3 is 2.67 bits per heavy atom. The zero-order valence-electron chi connectivity index (χ0n) is 17.5. The number of halogens is 2. The van der Waals surface area contributed by atoms with Crippen LogP contribution in [-0.4, -0.2) is 53.3 Å². The van der Waals surface area contributed by atoms with Crippen LogP contribution in [-0.2, 0) is 0 Å². The molecule has 1 fully saturated rings. The van der Waals surface area contributed by atoms with E-state index in [1.807, 2.05) is 36.4 Å². The third-order valence-corrected chi connectivity index (χ3v) is 5.68. The number of amidine groups is 2. The molecule has 30 heavy (non-hydrogen) atoms. The second-order valence-corrected chi connectivity index (χ2v) is 7.90. The summed E-state index contributed by atoms with van der Waals surface area (Å²) in [5.41, 5.74) is 1.86. The Balaban J connectivity index is 1.43. The fourth-order valence-corrected chi connectivity index (χ4v) is 3.89. The number of fused-ring (bicyclic) bond motifs is 1. The monoisotopic (exact) mass is 414 g/mol. The molecule has 160 valence electrons. The van der Waals surface area contributed by atoms with Gasteiger partial charge in [-0.15, -0.1) is 0 Å². The molecule has 1 aliphatic carbocycles. The average molecular weight is 415 g/mol. The minimum atomic E-state index is -2.54. The third kappa shape index (κ3) is 4.71. The molecule has 0 spiro atoms. The van der Waals surface area contributed by atoms with Gasteiger partial charge in [-0.25, -0.2) is 18.8 Å². The summed E-state index contributed by atoms with van der Waals surface area (Å²) in [6, 6.07) is 7.68. The van der Waals surface area contributed by atoms with Crippen molar-refractivity contribution in [2.75, 3.05) is 19.8 Å². The van der Waals surface area contributed by atoms with Gasteiger partial charge < -0.3 is 14.5 Å². The van der Waals surface area contributed by atoms with Crippen molar-refractivity contribution in [2.24, 2.45) is 9.98 Å². The van der Waals surface area contributed by atoms with E-state index in [0.717, 1.165) is 36.9 Å². The number of aliphatic imine (C=N–C) groups is 2. The molecule has 5 nitrogen and oxygen atoms in total. The summed E-state index contributed by atoms with van der Waals surface area (Å²) in [5.74, 6) is -0.233. The van der Waals surface area contributed by atoms with E-state index in [1.165, 1.54) is 0 Å². The van der Waals surface area contributed by atoms with Crippen LogP contribution < -0.4 is 4.74 Å². The Morgan fingerprint density at radius 1 is 1.13 bits per heavy atom. The van der Waals surface area contributed by atoms with Crippen LogP contribution in [0.3, 0.4) is 0 Å². The molecule has 0 N–H and O–H groups in total. The van der Waals surface area contributed by atoms with Gasteiger partial charge >= 0.3 is 0 Å². The Morgan fingerprint density at radius 2 is 1.93 bits per heavy atom. The predicted octanol–water partition coefficient (Wildman–Crippen LogP) is 4.92. The third-order valence-electron chi connectivity index (χ3n) is 5.68. The Kier molecular flexibility index (Phi) is 5.88. The highest BCUT2D eigenvalue weighted by Crippen LogP contribution is 2.34. The van der Waals surface area contributed by atoms with Crippen LogP contribution in [0.25, 0.3) is 6.08 Å². The zero-order chi connectivity index (χ0) is 21.1. The number of hydrogen-bond acceptors (Lipinski definition) is 5. The zero-order valence-corrected chi connectivity index (χ0v) is 17.5. The maximum absolute atomic E-state index is 13.3. The molecule has 0 unspecified atom stereocenters. The van der Waals surface area contributed by atoms with Gasteiger partial charge in [0, 0.05) is 32.1 Å². The number of nitrogens with zero attached hydrogens (tertiary/aromatic N) is 4. The van der Waals surface area contributed by atoms with Crippen LogP contribution in [0.4, 0.5) is 8.78 Å². The second-order valence-electron chi connectivity index (χ2n) is 7.90. The van der Waals surface area contributed by atoms with Crippen molar-refractivity contribution in [3.63, 3.8) is 0 Å². The topological polar surface area (TPSA) is 40.4 Å². The number of ether oxygens (including phenoxy) is 1. The molecule has 4 rings (SSSR count). The van der Waals surface area contributed by atoms with E-state index in [9.17, 15) is 8.78 Å². The van der Waals surface area contributed by atoms with Crippen molar-refractivity contribution in [1.82, 2.24) is 9.80 Å². The Hall–Kier alpha value is -2.70. The number of hydrogen-bond donors (Lipinski definition) is 0. The lowest BCUT2D eigenvalue weighted by molar-refractivity contribution is -0.0582. The summed E-state index contributed by atoms with van der Waals surface area (Å²) < 4.78 is 32.6. The van der Waals surface area contributed by atoms with Crippen LogP contribution in [0.1, 0.15) is 45.1 Å². The lowest BCUT2D eigenvalue weighted by Crippen LogP contribution is -2.43. The molecule has 2 aliphatic heterocycles. The summed E-state index contributed by atoms with van der Waals surface area (Å²) in [6.07, 6.45) is 6.35. The largest absolute Gasteiger partial charge is 0.490 e. The molecule has 0 radical (unpaired) electrons. The van der Waals surface area contributed by atoms with Crippen molar-refractivity contribution in [3.8, 4) is 5.75 Å². The molecular weight excluding hydrogens is 386 g/mol. The van der Waals surface area contributed by atoms with Gasteiger partial charge in [0.05, 0.1) is 12.8 Å². The molecule has 0 bridgehead atoms. The average Bonchev–Trinajstić information content (AvgIpc) is 3.16. The number of alkyl halides is 2. The van der Waals surface area contributed by atoms with Crippen molar-refractivity contribution in [1.29, 1.82) is 0 Å². The van der Waals surface area contributed by atoms with E-state index in [2.05, 4.69) is 39.8 Å². The van der Waals surface area contributed by atoms with Crippen molar-refractivity contribution in [3.05, 3.63) is 47.8 Å². The highest BCUT2D eigenvalue weighted by Gasteiger charge is 2.35. The van der Waals surface area contributed by atoms with Gasteiger partial charge in [0.2, 0.25) is 5.92 Å². The van der Waals surface area contributed by atoms with Gasteiger partial charge in [-0.1, -0.05) is 18.2 Å². The summed E-state index contributed by atoms with van der Waals surface area (Å²) in [7, 11) is 0. The maximum Gasteiger partial charge on any atom is 0.248 e. The molecule has 0 aromatic heterocycles. The fraction of sp³-hybridized carbons (Fsp3) is 0.478. The predicted molar refractivity (Wildman–Crippen MR) is 116 cm³/mol. The van der Waals surface area contributed by atoms with Gasteiger partial charge in [-0.05, 0) is 50.5 Å². The lowest BCUT2D eigenvalue weighted by atomic mass is 9.94. The van der Waals surface area contributed by atoms with Gasteiger partial charge in [-0.2, -0.15) is 0 Å². The van der Waals surface area contributed by atoms with Crippen molar-refractivity contribution < 1.29 is 13.5 Å². The first-order valence-electron chi connectivity index (χ1n) is 10.7. The first-order chi connectivity index (χ1) is 14.5. The standard InChI is InChI=1S/C23H28F2N4O/c1-3-28-15-20-22(29(4-2)16-28)27-21(26-20)9-8-17-6-5-7-19(14-17)30-18-10-12-23(24,25)13-11-18/h5-9,14-15,18H,3-4,10-13,16H2,1-2H3/b9-8+. The van der Waals surface area contributed by atoms with E-state index in [1.54, 1.807) is 0 Å². The van der Waals surface area contributed by atoms with Crippen LogP contribution in [0.5, 0.6) is 5.75 Å².